The van der Waals surface area contributed by atoms with Gasteiger partial charge >= 0.3 is 39.0 Å². The molecule has 23 heteroatoms. The summed E-state index contributed by atoms with van der Waals surface area (Å²) in [6, 6.07) is 122. The van der Waals surface area contributed by atoms with Crippen molar-refractivity contribution in [3.8, 4) is 0 Å². The summed E-state index contributed by atoms with van der Waals surface area (Å²) >= 11 is 0. The van der Waals surface area contributed by atoms with Gasteiger partial charge < -0.3 is 70.6 Å². The third-order valence-corrected chi connectivity index (χ3v) is 52.8. The molecule has 0 spiro atoms. The fraction of sp³-hybridized carbons (Fsp3) is 0.358. The molecule has 5 radical (unpaired) electrons. The van der Waals surface area contributed by atoms with Crippen LogP contribution in [0.2, 0.25) is 0 Å². The zero-order chi connectivity index (χ0) is 101. The molecule has 12 aromatic carbocycles. The van der Waals surface area contributed by atoms with Crippen LogP contribution in [0.5, 0.6) is 0 Å². The first-order chi connectivity index (χ1) is 65.4. The molecular formula is C123H189Co4O8P9Rh2+7. The second-order valence-electron chi connectivity index (χ2n) is 35.0. The minimum Gasteiger partial charge on any atom is -0.393 e. The third kappa shape index (κ3) is 62.1. The van der Waals surface area contributed by atoms with Gasteiger partial charge in [-0.15, -0.1) is 18.2 Å². The number of aliphatic hydroxyl groups excluding tert-OH is 8. The Kier molecular flexibility index (Phi) is 104. The van der Waals surface area contributed by atoms with E-state index < -0.39 is 71.3 Å². The zero-order valence-electron chi connectivity index (χ0n) is 92.3. The van der Waals surface area contributed by atoms with Crippen molar-refractivity contribution in [2.75, 3.05) is 54.7 Å². The van der Waals surface area contributed by atoms with E-state index in [-0.39, 0.29) is 185 Å². The van der Waals surface area contributed by atoms with Crippen LogP contribution < -0.4 is 79.6 Å². The van der Waals surface area contributed by atoms with Crippen molar-refractivity contribution in [3.63, 3.8) is 0 Å². The maximum Gasteiger partial charge on any atom is 3.00 e. The number of rotatable bonds is 35. The van der Waals surface area contributed by atoms with Crippen molar-refractivity contribution >= 4 is 151 Å². The molecule has 821 valence electrons. The molecule has 146 heavy (non-hydrogen) atoms. The van der Waals surface area contributed by atoms with Gasteiger partial charge in [0.05, 0.1) is 125 Å². The second kappa shape index (κ2) is 95.5. The van der Waals surface area contributed by atoms with Crippen LogP contribution in [0.25, 0.3) is 0 Å². The van der Waals surface area contributed by atoms with Crippen LogP contribution in [-0.4, -0.2) is 144 Å². The predicted octanol–water partition coefficient (Wildman–Crippen LogP) is 23.8. The first-order valence-electron chi connectivity index (χ1n) is 49.9. The number of hydrogen-bond acceptors (Lipinski definition) is 8. The van der Waals surface area contributed by atoms with Crippen molar-refractivity contribution in [2.24, 2.45) is 0 Å². The van der Waals surface area contributed by atoms with Gasteiger partial charge in [-0.05, 0) is 232 Å². The van der Waals surface area contributed by atoms with E-state index in [1.807, 2.05) is 0 Å². The van der Waals surface area contributed by atoms with Crippen LogP contribution in [-0.2, 0) is 106 Å². The smallest absolute Gasteiger partial charge is 0.393 e. The van der Waals surface area contributed by atoms with E-state index in [9.17, 15) is 0 Å². The SMILES string of the molecule is CC(O)CC(C)O.CC(O)CC(C)O.CC(O)CC(C)O.CC(O)CC(C)O.CCC.CCC.CCC.[CH2-]c1ccccc1[PH+](C[PH+](c1ccccc1)c1ccccc1[PH+](CC)CC)c1ccccc1.[CH2-]c1ccccc1[PH+](C[PH+](c1ccccc1)c1ccccc1[PH+](CC)CC)c1ccccc1.[CH2-]c1ccccc1[PH+](C[PH+](c1ccccc1)c1ccccc1[PH+](CC)CC)c1ccccc1.[CH3-].[CH3-].[CH3-].[CH3-].[Co].[Co].[Co].[Co].[Rh+2].[Rh+3]. The minimum absolute atomic E-state index is 0. The van der Waals surface area contributed by atoms with Gasteiger partial charge in [0.15, 0.2) is 17.7 Å². The molecule has 0 bridgehead atoms. The van der Waals surface area contributed by atoms with E-state index in [1.54, 1.807) is 87.2 Å². The molecule has 12 aromatic rings. The summed E-state index contributed by atoms with van der Waals surface area (Å²) in [6.07, 6.45) is 10.4. The van der Waals surface area contributed by atoms with Crippen LogP contribution in [0.3, 0.4) is 0 Å². The predicted molar refractivity (Wildman–Crippen MR) is 663 cm³/mol. The Morgan fingerprint density at radius 1 is 0.192 bits per heavy atom. The third-order valence-electron chi connectivity index (χ3n) is 22.0. The first kappa shape index (κ1) is 158. The molecule has 0 aliphatic rings. The summed E-state index contributed by atoms with van der Waals surface area (Å²) in [4.78, 5) is 0. The van der Waals surface area contributed by atoms with Crippen molar-refractivity contribution in [3.05, 3.63) is 395 Å². The Balaban J connectivity index is -0.000000269. The van der Waals surface area contributed by atoms with Crippen molar-refractivity contribution in [1.29, 1.82) is 0 Å². The Bertz CT molecular complexity index is 4440. The average Bonchev–Trinajstić information content (AvgIpc) is 0.797. The Hall–Kier alpha value is -2.93. The Labute approximate surface area is 970 Å². The summed E-state index contributed by atoms with van der Waals surface area (Å²) in [7, 11) is -7.42. The molecular weight excluding hydrogens is 2330 g/mol. The summed E-state index contributed by atoms with van der Waals surface area (Å²) in [5, 5.41) is 91.9. The van der Waals surface area contributed by atoms with Gasteiger partial charge in [-0.3, -0.25) is 0 Å². The summed E-state index contributed by atoms with van der Waals surface area (Å²) in [5.74, 6) is 3.69. The van der Waals surface area contributed by atoms with Gasteiger partial charge in [0, 0.05) is 107 Å². The molecule has 0 amide bonds. The molecule has 8 N–H and O–H groups in total. The van der Waals surface area contributed by atoms with E-state index in [4.69, 9.17) is 40.9 Å². The monoisotopic (exact) mass is 2510 g/mol. The van der Waals surface area contributed by atoms with Gasteiger partial charge in [0.2, 0.25) is 0 Å². The van der Waals surface area contributed by atoms with E-state index in [0.29, 0.717) is 25.7 Å². The maximum absolute atomic E-state index is 8.56. The fourth-order valence-electron chi connectivity index (χ4n) is 16.0. The van der Waals surface area contributed by atoms with Crippen LogP contribution in [0.4, 0.5) is 0 Å². The van der Waals surface area contributed by atoms with E-state index in [0.717, 1.165) is 0 Å². The summed E-state index contributed by atoms with van der Waals surface area (Å²) in [6.45, 7) is 53.6. The van der Waals surface area contributed by atoms with Crippen LogP contribution in [0.15, 0.2) is 328 Å². The molecule has 0 saturated heterocycles. The summed E-state index contributed by atoms with van der Waals surface area (Å²) in [5.41, 5.74) is 3.56. The Morgan fingerprint density at radius 2 is 0.301 bits per heavy atom. The summed E-state index contributed by atoms with van der Waals surface area (Å²) < 4.78 is 0. The molecule has 14 unspecified atom stereocenters. The zero-order valence-corrected chi connectivity index (χ0v) is 109. The fourth-order valence-corrected chi connectivity index (χ4v) is 48.7. The van der Waals surface area contributed by atoms with Crippen molar-refractivity contribution in [2.45, 2.75) is 232 Å². The van der Waals surface area contributed by atoms with Crippen molar-refractivity contribution < 1.29 is 147 Å². The van der Waals surface area contributed by atoms with Crippen molar-refractivity contribution in [1.82, 2.24) is 0 Å². The van der Waals surface area contributed by atoms with Crippen LogP contribution >= 0.6 is 71.3 Å². The van der Waals surface area contributed by atoms with E-state index >= 15 is 0 Å². The van der Waals surface area contributed by atoms with E-state index in [2.05, 4.69) is 431 Å². The molecule has 0 aliphatic heterocycles. The van der Waals surface area contributed by atoms with Gasteiger partial charge in [0.25, 0.3) is 0 Å². The van der Waals surface area contributed by atoms with Gasteiger partial charge in [0.1, 0.15) is 71.5 Å². The van der Waals surface area contributed by atoms with Gasteiger partial charge in [-0.2, -0.15) is 55.7 Å². The topological polar surface area (TPSA) is 162 Å². The van der Waals surface area contributed by atoms with Gasteiger partial charge in [-0.25, -0.2) is 0 Å². The van der Waals surface area contributed by atoms with E-state index in [1.165, 1.54) is 138 Å². The largest absolute Gasteiger partial charge is 3.00 e. The minimum atomic E-state index is -0.984. The molecule has 0 aliphatic carbocycles. The van der Waals surface area contributed by atoms with Crippen LogP contribution in [0, 0.1) is 50.5 Å². The maximum atomic E-state index is 8.56. The molecule has 14 atom stereocenters. The second-order valence-corrected chi connectivity index (χ2v) is 61.2. The molecule has 0 saturated carbocycles. The Morgan fingerprint density at radius 3 is 0.418 bits per heavy atom. The average molecular weight is 2520 g/mol. The quantitative estimate of drug-likeness (QED) is 0.0111. The van der Waals surface area contributed by atoms with Gasteiger partial charge in [-0.1, -0.05) is 243 Å². The number of benzene rings is 12. The van der Waals surface area contributed by atoms with Crippen LogP contribution in [0.1, 0.15) is 200 Å². The first-order valence-corrected chi connectivity index (χ1v) is 65.9. The molecule has 0 fully saturated rings. The molecule has 8 nitrogen and oxygen atoms in total. The number of hydrogen-bond donors (Lipinski definition) is 8. The molecule has 12 rings (SSSR count). The normalized spacial score (nSPS) is 12.8. The standard InChI is InChI=1S/3C30H32P3.4C5H12O2.3C3H8.4CH3.4Co.2Rh/c3*1-4-31(5-2)29-22-14-15-23-30(29)33(27-19-10-7-11-20-27)24-32(26-17-8-6-9-18-26)28-21-13-12-16-25(28)3;4*1-4(6)3-5(2)7;3*1-3-2;;;;;;;;;;/h3*6-23H,3-5,24H2,1-2H3;4*4-7H,3H2,1-2H3;3*3H2,1-2H3;4*1H3;;;;;;/q3*-1;;;;;;;;4*-1;;;;;+2;+3/p+9. The molecule has 0 aromatic heterocycles. The molecule has 0 heterocycles. The number of aliphatic hydroxyl groups is 8.